The highest BCUT2D eigenvalue weighted by molar-refractivity contribution is 7.99. The minimum atomic E-state index is 0.251. The molecule has 1 atom stereocenters. The molecule has 0 radical (unpaired) electrons. The van der Waals surface area contributed by atoms with Gasteiger partial charge in [0.05, 0.1) is 0 Å². The molecule has 2 heteroatoms. The van der Waals surface area contributed by atoms with E-state index < -0.39 is 0 Å². The fourth-order valence-corrected chi connectivity index (χ4v) is 2.31. The zero-order chi connectivity index (χ0) is 10.7. The van der Waals surface area contributed by atoms with Crippen molar-refractivity contribution in [2.45, 2.75) is 17.9 Å². The Hall–Kier alpha value is -0.990. The molecule has 0 fully saturated rings. The lowest BCUT2D eigenvalue weighted by Crippen LogP contribution is -2.17. The highest BCUT2D eigenvalue weighted by Crippen LogP contribution is 2.23. The number of thioether (sulfide) groups is 1. The Morgan fingerprint density at radius 3 is 2.60 bits per heavy atom. The van der Waals surface area contributed by atoms with Crippen LogP contribution in [0.25, 0.3) is 10.8 Å². The topological polar surface area (TPSA) is 26.0 Å². The first-order valence-electron chi connectivity index (χ1n) is 5.13. The first kappa shape index (κ1) is 10.5. The molecule has 0 spiro atoms. The Morgan fingerprint density at radius 1 is 1.13 bits per heavy atom. The molecule has 0 aliphatic heterocycles. The fourth-order valence-electron chi connectivity index (χ4n) is 1.48. The molecule has 2 N–H and O–H groups in total. The number of benzene rings is 2. The van der Waals surface area contributed by atoms with Crippen molar-refractivity contribution < 1.29 is 0 Å². The van der Waals surface area contributed by atoms with E-state index >= 15 is 0 Å². The molecule has 15 heavy (non-hydrogen) atoms. The van der Waals surface area contributed by atoms with E-state index in [1.165, 1.54) is 15.7 Å². The summed E-state index contributed by atoms with van der Waals surface area (Å²) in [6.45, 7) is 2.04. The zero-order valence-electron chi connectivity index (χ0n) is 8.81. The molecule has 0 aliphatic rings. The molecular weight excluding hydrogens is 202 g/mol. The highest BCUT2D eigenvalue weighted by atomic mass is 32.2. The molecule has 0 bridgehead atoms. The van der Waals surface area contributed by atoms with Crippen molar-refractivity contribution in [3.8, 4) is 0 Å². The standard InChI is InChI=1S/C13H15NS/c1-10(14)9-15-13-7-6-11-4-2-3-5-12(11)8-13/h2-8,10H,9,14H2,1H3. The van der Waals surface area contributed by atoms with Crippen LogP contribution in [-0.4, -0.2) is 11.8 Å². The van der Waals surface area contributed by atoms with Gasteiger partial charge >= 0.3 is 0 Å². The summed E-state index contributed by atoms with van der Waals surface area (Å²) in [5, 5.41) is 2.59. The van der Waals surface area contributed by atoms with Crippen LogP contribution < -0.4 is 5.73 Å². The predicted molar refractivity (Wildman–Crippen MR) is 68.3 cm³/mol. The number of fused-ring (bicyclic) bond motifs is 1. The first-order valence-corrected chi connectivity index (χ1v) is 6.11. The largest absolute Gasteiger partial charge is 0.327 e. The van der Waals surface area contributed by atoms with Crippen molar-refractivity contribution >= 4 is 22.5 Å². The molecule has 0 saturated carbocycles. The smallest absolute Gasteiger partial charge is 0.0129 e. The zero-order valence-corrected chi connectivity index (χ0v) is 9.63. The van der Waals surface area contributed by atoms with Gasteiger partial charge in [0.2, 0.25) is 0 Å². The third kappa shape index (κ3) is 2.74. The summed E-state index contributed by atoms with van der Waals surface area (Å²) in [6.07, 6.45) is 0. The van der Waals surface area contributed by atoms with Gasteiger partial charge in [-0.25, -0.2) is 0 Å². The van der Waals surface area contributed by atoms with E-state index in [1.54, 1.807) is 0 Å². The van der Waals surface area contributed by atoms with E-state index in [0.717, 1.165) is 5.75 Å². The maximum Gasteiger partial charge on any atom is 0.0129 e. The Labute approximate surface area is 94.7 Å². The van der Waals surface area contributed by atoms with Gasteiger partial charge in [-0.1, -0.05) is 30.3 Å². The molecule has 2 aromatic carbocycles. The summed E-state index contributed by atoms with van der Waals surface area (Å²) in [5.41, 5.74) is 5.73. The molecule has 2 rings (SSSR count). The summed E-state index contributed by atoms with van der Waals surface area (Å²) in [7, 11) is 0. The lowest BCUT2D eigenvalue weighted by molar-refractivity contribution is 0.847. The van der Waals surface area contributed by atoms with Gasteiger partial charge in [-0.3, -0.25) is 0 Å². The van der Waals surface area contributed by atoms with Gasteiger partial charge < -0.3 is 5.73 Å². The monoisotopic (exact) mass is 217 g/mol. The number of hydrogen-bond acceptors (Lipinski definition) is 2. The van der Waals surface area contributed by atoms with E-state index in [1.807, 2.05) is 18.7 Å². The van der Waals surface area contributed by atoms with Crippen LogP contribution in [0.5, 0.6) is 0 Å². The average Bonchev–Trinajstić information content (AvgIpc) is 2.26. The van der Waals surface area contributed by atoms with Crippen LogP contribution in [0.15, 0.2) is 47.4 Å². The summed E-state index contributed by atoms with van der Waals surface area (Å²) in [6, 6.07) is 15.2. The maximum absolute atomic E-state index is 5.73. The molecule has 0 aromatic heterocycles. The average molecular weight is 217 g/mol. The van der Waals surface area contributed by atoms with Crippen molar-refractivity contribution in [3.63, 3.8) is 0 Å². The number of hydrogen-bond donors (Lipinski definition) is 1. The highest BCUT2D eigenvalue weighted by Gasteiger charge is 1.98. The first-order chi connectivity index (χ1) is 7.25. The van der Waals surface area contributed by atoms with Gasteiger partial charge in [0.25, 0.3) is 0 Å². The SMILES string of the molecule is CC(N)CSc1ccc2ccccc2c1. The van der Waals surface area contributed by atoms with Gasteiger partial charge in [-0.2, -0.15) is 0 Å². The van der Waals surface area contributed by atoms with Crippen LogP contribution >= 0.6 is 11.8 Å². The normalized spacial score (nSPS) is 12.9. The Morgan fingerprint density at radius 2 is 1.87 bits per heavy atom. The van der Waals surface area contributed by atoms with E-state index in [9.17, 15) is 0 Å². The molecule has 0 aliphatic carbocycles. The summed E-state index contributed by atoms with van der Waals surface area (Å²) < 4.78 is 0. The second kappa shape index (κ2) is 4.69. The molecule has 0 amide bonds. The Balaban J connectivity index is 2.23. The third-order valence-corrected chi connectivity index (χ3v) is 3.51. The molecule has 1 unspecified atom stereocenters. The number of nitrogens with two attached hydrogens (primary N) is 1. The van der Waals surface area contributed by atoms with Crippen molar-refractivity contribution in [1.82, 2.24) is 0 Å². The minimum absolute atomic E-state index is 0.251. The van der Waals surface area contributed by atoms with Gasteiger partial charge in [0.15, 0.2) is 0 Å². The molecule has 2 aromatic rings. The summed E-state index contributed by atoms with van der Waals surface area (Å²) in [4.78, 5) is 1.30. The second-order valence-corrected chi connectivity index (χ2v) is 4.89. The molecule has 0 heterocycles. The van der Waals surface area contributed by atoms with Crippen LogP contribution in [-0.2, 0) is 0 Å². The van der Waals surface area contributed by atoms with Crippen LogP contribution in [0.1, 0.15) is 6.92 Å². The van der Waals surface area contributed by atoms with Crippen molar-refractivity contribution in [2.24, 2.45) is 5.73 Å². The van der Waals surface area contributed by atoms with Crippen LogP contribution in [0.2, 0.25) is 0 Å². The number of rotatable bonds is 3. The maximum atomic E-state index is 5.73. The summed E-state index contributed by atoms with van der Waals surface area (Å²) >= 11 is 1.82. The van der Waals surface area contributed by atoms with Gasteiger partial charge in [-0.15, -0.1) is 11.8 Å². The van der Waals surface area contributed by atoms with Gasteiger partial charge in [0, 0.05) is 16.7 Å². The van der Waals surface area contributed by atoms with Crippen molar-refractivity contribution in [2.75, 3.05) is 5.75 Å². The lowest BCUT2D eigenvalue weighted by atomic mass is 10.1. The van der Waals surface area contributed by atoms with Crippen LogP contribution in [0.4, 0.5) is 0 Å². The van der Waals surface area contributed by atoms with E-state index in [-0.39, 0.29) is 6.04 Å². The Bertz CT molecular complexity index is 451. The van der Waals surface area contributed by atoms with E-state index in [0.29, 0.717) is 0 Å². The predicted octanol–water partition coefficient (Wildman–Crippen LogP) is 3.28. The molecule has 78 valence electrons. The molecule has 1 nitrogen and oxygen atoms in total. The lowest BCUT2D eigenvalue weighted by Gasteiger charge is -2.05. The van der Waals surface area contributed by atoms with E-state index in [2.05, 4.69) is 42.5 Å². The van der Waals surface area contributed by atoms with E-state index in [4.69, 9.17) is 5.73 Å². The Kier molecular flexibility index (Phi) is 3.29. The van der Waals surface area contributed by atoms with Crippen LogP contribution in [0.3, 0.4) is 0 Å². The van der Waals surface area contributed by atoms with Gasteiger partial charge in [0.1, 0.15) is 0 Å². The quantitative estimate of drug-likeness (QED) is 0.798. The molecular formula is C13H15NS. The summed E-state index contributed by atoms with van der Waals surface area (Å²) in [5.74, 6) is 0.971. The van der Waals surface area contributed by atoms with Crippen molar-refractivity contribution in [1.29, 1.82) is 0 Å². The van der Waals surface area contributed by atoms with Crippen molar-refractivity contribution in [3.05, 3.63) is 42.5 Å². The third-order valence-electron chi connectivity index (χ3n) is 2.23. The van der Waals surface area contributed by atoms with Gasteiger partial charge in [-0.05, 0) is 29.8 Å². The second-order valence-electron chi connectivity index (χ2n) is 3.80. The molecule has 0 saturated heterocycles. The van der Waals surface area contributed by atoms with Crippen LogP contribution in [0, 0.1) is 0 Å². The minimum Gasteiger partial charge on any atom is -0.327 e. The fraction of sp³-hybridized carbons (Fsp3) is 0.231.